The van der Waals surface area contributed by atoms with Crippen LogP contribution >= 0.6 is 0 Å². The van der Waals surface area contributed by atoms with Gasteiger partial charge in [0, 0.05) is 11.2 Å². The average molecular weight is 282 g/mol. The standard InChI is InChI=1S/C14H22N2O2S/c1-11-10-12(6-7-13(11)15)19(17,18)16-14(2)8-4-3-5-9-14/h6-7,10,16H,3-5,8-9,15H2,1-2H3. The van der Waals surface area contributed by atoms with Crippen LogP contribution in [0.2, 0.25) is 0 Å². The summed E-state index contributed by atoms with van der Waals surface area (Å²) in [6.07, 6.45) is 5.16. The zero-order valence-electron chi connectivity index (χ0n) is 11.6. The van der Waals surface area contributed by atoms with Gasteiger partial charge in [0.25, 0.3) is 0 Å². The summed E-state index contributed by atoms with van der Waals surface area (Å²) >= 11 is 0. The summed E-state index contributed by atoms with van der Waals surface area (Å²) in [6.45, 7) is 3.81. The van der Waals surface area contributed by atoms with Gasteiger partial charge in [-0.3, -0.25) is 0 Å². The molecule has 0 atom stereocenters. The number of benzene rings is 1. The van der Waals surface area contributed by atoms with Gasteiger partial charge in [-0.1, -0.05) is 19.3 Å². The summed E-state index contributed by atoms with van der Waals surface area (Å²) in [7, 11) is -3.46. The van der Waals surface area contributed by atoms with Gasteiger partial charge in [0.2, 0.25) is 10.0 Å². The van der Waals surface area contributed by atoms with E-state index in [9.17, 15) is 8.42 Å². The highest BCUT2D eigenvalue weighted by atomic mass is 32.2. The van der Waals surface area contributed by atoms with Gasteiger partial charge < -0.3 is 5.73 Å². The number of nitrogen functional groups attached to an aromatic ring is 1. The zero-order valence-corrected chi connectivity index (χ0v) is 12.4. The summed E-state index contributed by atoms with van der Waals surface area (Å²) in [5, 5.41) is 0. The molecule has 0 aliphatic heterocycles. The van der Waals surface area contributed by atoms with E-state index >= 15 is 0 Å². The van der Waals surface area contributed by atoms with Gasteiger partial charge in [-0.25, -0.2) is 13.1 Å². The first kappa shape index (κ1) is 14.3. The SMILES string of the molecule is Cc1cc(S(=O)(=O)NC2(C)CCCCC2)ccc1N. The molecule has 19 heavy (non-hydrogen) atoms. The molecule has 0 saturated heterocycles. The molecule has 4 nitrogen and oxygen atoms in total. The number of rotatable bonds is 3. The number of nitrogens with one attached hydrogen (secondary N) is 1. The molecule has 5 heteroatoms. The molecule has 1 aliphatic rings. The third-order valence-electron chi connectivity index (χ3n) is 3.89. The second-order valence-corrected chi connectivity index (χ2v) is 7.43. The van der Waals surface area contributed by atoms with E-state index in [2.05, 4.69) is 4.72 Å². The van der Waals surface area contributed by atoms with E-state index in [4.69, 9.17) is 5.73 Å². The van der Waals surface area contributed by atoms with Crippen LogP contribution in [0.3, 0.4) is 0 Å². The number of hydrogen-bond donors (Lipinski definition) is 2. The van der Waals surface area contributed by atoms with Crippen molar-refractivity contribution < 1.29 is 8.42 Å². The van der Waals surface area contributed by atoms with Gasteiger partial charge in [0.1, 0.15) is 0 Å². The van der Waals surface area contributed by atoms with E-state index in [0.29, 0.717) is 10.6 Å². The molecule has 0 amide bonds. The topological polar surface area (TPSA) is 72.2 Å². The number of anilines is 1. The van der Waals surface area contributed by atoms with Gasteiger partial charge in [-0.05, 0) is 50.5 Å². The van der Waals surface area contributed by atoms with Gasteiger partial charge in [-0.15, -0.1) is 0 Å². The third-order valence-corrected chi connectivity index (χ3v) is 5.53. The van der Waals surface area contributed by atoms with Crippen LogP contribution in [0.25, 0.3) is 0 Å². The van der Waals surface area contributed by atoms with Crippen molar-refractivity contribution in [2.75, 3.05) is 5.73 Å². The van der Waals surface area contributed by atoms with E-state index in [1.54, 1.807) is 18.2 Å². The predicted octanol–water partition coefficient (Wildman–Crippen LogP) is 2.58. The Bertz CT molecular complexity index is 561. The first-order valence-electron chi connectivity index (χ1n) is 6.73. The molecule has 1 aromatic carbocycles. The first-order chi connectivity index (χ1) is 8.82. The van der Waals surface area contributed by atoms with Crippen molar-refractivity contribution in [3.8, 4) is 0 Å². The molecule has 1 aromatic rings. The molecule has 1 aliphatic carbocycles. The third kappa shape index (κ3) is 3.28. The summed E-state index contributed by atoms with van der Waals surface area (Å²) in [5.41, 5.74) is 6.82. The van der Waals surface area contributed by atoms with Crippen molar-refractivity contribution in [2.45, 2.75) is 56.4 Å². The van der Waals surface area contributed by atoms with Crippen molar-refractivity contribution in [1.29, 1.82) is 0 Å². The van der Waals surface area contributed by atoms with Crippen molar-refractivity contribution in [2.24, 2.45) is 0 Å². The molecule has 0 heterocycles. The van der Waals surface area contributed by atoms with E-state index < -0.39 is 10.0 Å². The smallest absolute Gasteiger partial charge is 0.241 e. The summed E-state index contributed by atoms with van der Waals surface area (Å²) in [4.78, 5) is 0.297. The molecule has 3 N–H and O–H groups in total. The Morgan fingerprint density at radius 1 is 1.21 bits per heavy atom. The Morgan fingerprint density at radius 3 is 2.42 bits per heavy atom. The van der Waals surface area contributed by atoms with Crippen LogP contribution in [0.15, 0.2) is 23.1 Å². The van der Waals surface area contributed by atoms with Gasteiger partial charge >= 0.3 is 0 Å². The number of sulfonamides is 1. The predicted molar refractivity (Wildman–Crippen MR) is 77.4 cm³/mol. The van der Waals surface area contributed by atoms with Crippen molar-refractivity contribution in [3.05, 3.63) is 23.8 Å². The van der Waals surface area contributed by atoms with Crippen LogP contribution in [0.5, 0.6) is 0 Å². The van der Waals surface area contributed by atoms with Gasteiger partial charge in [-0.2, -0.15) is 0 Å². The Labute approximate surface area is 115 Å². The largest absolute Gasteiger partial charge is 0.399 e. The second kappa shape index (κ2) is 5.13. The highest BCUT2D eigenvalue weighted by Gasteiger charge is 2.32. The maximum atomic E-state index is 12.4. The van der Waals surface area contributed by atoms with Crippen molar-refractivity contribution in [1.82, 2.24) is 4.72 Å². The van der Waals surface area contributed by atoms with E-state index in [1.807, 2.05) is 13.8 Å². The minimum absolute atomic E-state index is 0.297. The molecule has 0 unspecified atom stereocenters. The van der Waals surface area contributed by atoms with Crippen LogP contribution in [-0.4, -0.2) is 14.0 Å². The van der Waals surface area contributed by atoms with Gasteiger partial charge in [0.05, 0.1) is 4.90 Å². The lowest BCUT2D eigenvalue weighted by Gasteiger charge is -2.34. The minimum Gasteiger partial charge on any atom is -0.399 e. The molecule has 1 fully saturated rings. The molecule has 2 rings (SSSR count). The molecule has 0 radical (unpaired) electrons. The Kier molecular flexibility index (Phi) is 3.87. The van der Waals surface area contributed by atoms with Crippen LogP contribution in [0.4, 0.5) is 5.69 Å². The van der Waals surface area contributed by atoms with Crippen molar-refractivity contribution >= 4 is 15.7 Å². The summed E-state index contributed by atoms with van der Waals surface area (Å²) < 4.78 is 27.7. The molecule has 0 spiro atoms. The Hall–Kier alpha value is -1.07. The molecular weight excluding hydrogens is 260 g/mol. The minimum atomic E-state index is -3.46. The Balaban J connectivity index is 2.24. The van der Waals surface area contributed by atoms with Crippen LogP contribution in [-0.2, 0) is 10.0 Å². The monoisotopic (exact) mass is 282 g/mol. The van der Waals surface area contributed by atoms with E-state index in [1.165, 1.54) is 6.42 Å². The highest BCUT2D eigenvalue weighted by molar-refractivity contribution is 7.89. The van der Waals surface area contributed by atoms with E-state index in [0.717, 1.165) is 31.2 Å². The number of nitrogens with two attached hydrogens (primary N) is 1. The van der Waals surface area contributed by atoms with Crippen LogP contribution in [0, 0.1) is 6.92 Å². The number of aryl methyl sites for hydroxylation is 1. The first-order valence-corrected chi connectivity index (χ1v) is 8.21. The lowest BCUT2D eigenvalue weighted by Crippen LogP contribution is -2.47. The molecular formula is C14H22N2O2S. The second-order valence-electron chi connectivity index (χ2n) is 5.75. The molecule has 106 valence electrons. The quantitative estimate of drug-likeness (QED) is 0.837. The maximum Gasteiger partial charge on any atom is 0.241 e. The number of hydrogen-bond acceptors (Lipinski definition) is 3. The molecule has 0 bridgehead atoms. The van der Waals surface area contributed by atoms with Crippen molar-refractivity contribution in [3.63, 3.8) is 0 Å². The van der Waals surface area contributed by atoms with Gasteiger partial charge in [0.15, 0.2) is 0 Å². The lowest BCUT2D eigenvalue weighted by molar-refractivity contribution is 0.294. The average Bonchev–Trinajstić information content (AvgIpc) is 2.32. The fourth-order valence-electron chi connectivity index (χ4n) is 2.63. The Morgan fingerprint density at radius 2 is 1.84 bits per heavy atom. The normalized spacial score (nSPS) is 19.3. The maximum absolute atomic E-state index is 12.4. The lowest BCUT2D eigenvalue weighted by atomic mass is 9.84. The zero-order chi connectivity index (χ0) is 14.1. The van der Waals surface area contributed by atoms with E-state index in [-0.39, 0.29) is 5.54 Å². The fourth-order valence-corrected chi connectivity index (χ4v) is 4.18. The van der Waals surface area contributed by atoms with Crippen LogP contribution < -0.4 is 10.5 Å². The van der Waals surface area contributed by atoms with Crippen LogP contribution in [0.1, 0.15) is 44.6 Å². The summed E-state index contributed by atoms with van der Waals surface area (Å²) in [6, 6.07) is 4.84. The molecule has 0 aromatic heterocycles. The molecule has 1 saturated carbocycles. The summed E-state index contributed by atoms with van der Waals surface area (Å²) in [5.74, 6) is 0. The fraction of sp³-hybridized carbons (Fsp3) is 0.571. The highest BCUT2D eigenvalue weighted by Crippen LogP contribution is 2.29.